The summed E-state index contributed by atoms with van der Waals surface area (Å²) in [6.07, 6.45) is 1.92. The summed E-state index contributed by atoms with van der Waals surface area (Å²) < 4.78 is 10.7. The molecule has 0 N–H and O–H groups in total. The van der Waals surface area contributed by atoms with Gasteiger partial charge in [-0.25, -0.2) is 0 Å². The van der Waals surface area contributed by atoms with Gasteiger partial charge < -0.3 is 14.4 Å². The van der Waals surface area contributed by atoms with Crippen molar-refractivity contribution in [1.29, 1.82) is 0 Å². The fourth-order valence-electron chi connectivity index (χ4n) is 4.71. The van der Waals surface area contributed by atoms with Crippen molar-refractivity contribution >= 4 is 17.5 Å². The van der Waals surface area contributed by atoms with Crippen LogP contribution < -0.4 is 14.4 Å². The number of ether oxygens (including phenoxy) is 2. The highest BCUT2D eigenvalue weighted by Gasteiger charge is 2.45. The SMILES string of the molecule is CCCCN(C)C(=O)C1c2ccccc2C(=O)N(c2ccc(OC)cc2)C1c1ccc(OC)cc1. The third-order valence-corrected chi connectivity index (χ3v) is 6.64. The smallest absolute Gasteiger partial charge is 0.259 e. The number of methoxy groups -OCH3 is 2. The van der Waals surface area contributed by atoms with E-state index >= 15 is 0 Å². The largest absolute Gasteiger partial charge is 0.497 e. The lowest BCUT2D eigenvalue weighted by Gasteiger charge is -2.43. The first-order chi connectivity index (χ1) is 17.0. The van der Waals surface area contributed by atoms with Gasteiger partial charge in [0, 0.05) is 24.8 Å². The number of nitrogens with zero attached hydrogens (tertiary/aromatic N) is 2. The molecule has 35 heavy (non-hydrogen) atoms. The Balaban J connectivity index is 1.91. The Kier molecular flexibility index (Phi) is 7.39. The number of carbonyl (C=O) groups is 2. The summed E-state index contributed by atoms with van der Waals surface area (Å²) in [5, 5.41) is 0. The van der Waals surface area contributed by atoms with Gasteiger partial charge in [0.1, 0.15) is 11.5 Å². The molecule has 3 aromatic carbocycles. The van der Waals surface area contributed by atoms with Crippen molar-refractivity contribution < 1.29 is 19.1 Å². The lowest BCUT2D eigenvalue weighted by atomic mass is 9.78. The number of benzene rings is 3. The molecule has 0 spiro atoms. The van der Waals surface area contributed by atoms with Crippen molar-refractivity contribution in [2.75, 3.05) is 32.7 Å². The van der Waals surface area contributed by atoms with E-state index in [1.807, 2.05) is 79.8 Å². The predicted molar refractivity (Wildman–Crippen MR) is 137 cm³/mol. The number of rotatable bonds is 8. The molecule has 2 amide bonds. The summed E-state index contributed by atoms with van der Waals surface area (Å²) in [4.78, 5) is 31.5. The first-order valence-electron chi connectivity index (χ1n) is 12.0. The highest BCUT2D eigenvalue weighted by Crippen LogP contribution is 2.46. The summed E-state index contributed by atoms with van der Waals surface area (Å²) in [5.41, 5.74) is 2.89. The minimum Gasteiger partial charge on any atom is -0.497 e. The number of likely N-dealkylation sites (N-methyl/N-ethyl adjacent to an activating group) is 1. The van der Waals surface area contributed by atoms with Gasteiger partial charge in [-0.1, -0.05) is 43.7 Å². The van der Waals surface area contributed by atoms with Crippen LogP contribution in [-0.4, -0.2) is 44.5 Å². The molecule has 1 heterocycles. The molecule has 0 aliphatic carbocycles. The molecule has 0 saturated carbocycles. The Morgan fingerprint density at radius 1 is 0.914 bits per heavy atom. The molecule has 0 bridgehead atoms. The van der Waals surface area contributed by atoms with E-state index in [0.717, 1.165) is 29.7 Å². The van der Waals surface area contributed by atoms with Crippen LogP contribution in [0.15, 0.2) is 72.8 Å². The fourth-order valence-corrected chi connectivity index (χ4v) is 4.71. The monoisotopic (exact) mass is 472 g/mol. The molecule has 2 unspecified atom stereocenters. The second-order valence-electron chi connectivity index (χ2n) is 8.77. The third-order valence-electron chi connectivity index (χ3n) is 6.64. The Bertz CT molecular complexity index is 1170. The highest BCUT2D eigenvalue weighted by molar-refractivity contribution is 6.11. The fraction of sp³-hybridized carbons (Fsp3) is 0.310. The summed E-state index contributed by atoms with van der Waals surface area (Å²) >= 11 is 0. The van der Waals surface area contributed by atoms with Gasteiger partial charge in [0.15, 0.2) is 0 Å². The predicted octanol–water partition coefficient (Wildman–Crippen LogP) is 5.45. The maximum Gasteiger partial charge on any atom is 0.259 e. The first kappa shape index (κ1) is 24.3. The lowest BCUT2D eigenvalue weighted by molar-refractivity contribution is -0.132. The second-order valence-corrected chi connectivity index (χ2v) is 8.77. The summed E-state index contributed by atoms with van der Waals surface area (Å²) in [6, 6.07) is 21.9. The maximum absolute atomic E-state index is 14.0. The number of fused-ring (bicyclic) bond motifs is 1. The number of unbranched alkanes of at least 4 members (excludes halogenated alkanes) is 1. The Labute approximate surface area is 207 Å². The van der Waals surface area contributed by atoms with Gasteiger partial charge in [-0.2, -0.15) is 0 Å². The molecule has 1 aliphatic heterocycles. The van der Waals surface area contributed by atoms with E-state index in [0.29, 0.717) is 23.5 Å². The molecule has 6 heteroatoms. The molecule has 6 nitrogen and oxygen atoms in total. The molecule has 2 atom stereocenters. The molecular formula is C29H32N2O4. The second kappa shape index (κ2) is 10.6. The minimum absolute atomic E-state index is 0.00210. The van der Waals surface area contributed by atoms with E-state index in [1.165, 1.54) is 0 Å². The molecule has 0 radical (unpaired) electrons. The van der Waals surface area contributed by atoms with Crippen LogP contribution in [0, 0.1) is 0 Å². The van der Waals surface area contributed by atoms with E-state index in [2.05, 4.69) is 6.92 Å². The van der Waals surface area contributed by atoms with Crippen LogP contribution in [0.4, 0.5) is 5.69 Å². The van der Waals surface area contributed by atoms with Crippen molar-refractivity contribution in [2.45, 2.75) is 31.7 Å². The molecule has 4 rings (SSSR count). The van der Waals surface area contributed by atoms with Gasteiger partial charge in [-0.15, -0.1) is 0 Å². The molecule has 1 aliphatic rings. The van der Waals surface area contributed by atoms with Gasteiger partial charge in [0.25, 0.3) is 5.91 Å². The van der Waals surface area contributed by atoms with Crippen molar-refractivity contribution in [3.8, 4) is 11.5 Å². The van der Waals surface area contributed by atoms with Gasteiger partial charge in [0.2, 0.25) is 5.91 Å². The van der Waals surface area contributed by atoms with Crippen LogP contribution in [0.3, 0.4) is 0 Å². The summed E-state index contributed by atoms with van der Waals surface area (Å²) in [5.74, 6) is 0.729. The quantitative estimate of drug-likeness (QED) is 0.438. The zero-order valence-electron chi connectivity index (χ0n) is 20.7. The van der Waals surface area contributed by atoms with E-state index in [1.54, 1.807) is 24.0 Å². The average Bonchev–Trinajstić information content (AvgIpc) is 2.91. The van der Waals surface area contributed by atoms with Gasteiger partial charge in [-0.3, -0.25) is 14.5 Å². The molecule has 182 valence electrons. The van der Waals surface area contributed by atoms with E-state index in [-0.39, 0.29) is 11.8 Å². The zero-order valence-corrected chi connectivity index (χ0v) is 20.7. The van der Waals surface area contributed by atoms with Crippen molar-refractivity contribution in [3.05, 3.63) is 89.5 Å². The molecular weight excluding hydrogens is 440 g/mol. The van der Waals surface area contributed by atoms with Crippen LogP contribution in [0.2, 0.25) is 0 Å². The summed E-state index contributed by atoms with van der Waals surface area (Å²) in [7, 11) is 5.08. The zero-order chi connectivity index (χ0) is 24.9. The molecule has 0 fully saturated rings. The van der Waals surface area contributed by atoms with Crippen LogP contribution in [0.1, 0.15) is 53.2 Å². The van der Waals surface area contributed by atoms with Gasteiger partial charge >= 0.3 is 0 Å². The summed E-state index contributed by atoms with van der Waals surface area (Å²) in [6.45, 7) is 2.78. The van der Waals surface area contributed by atoms with Gasteiger partial charge in [-0.05, 0) is 60.0 Å². The lowest BCUT2D eigenvalue weighted by Crippen LogP contribution is -2.48. The third kappa shape index (κ3) is 4.74. The topological polar surface area (TPSA) is 59.1 Å². The molecule has 3 aromatic rings. The van der Waals surface area contributed by atoms with Crippen LogP contribution in [0.5, 0.6) is 11.5 Å². The standard InChI is InChI=1S/C29H32N2O4/c1-5-6-19-30(2)29(33)26-24-9-7-8-10-25(24)28(32)31(21-13-17-23(35-4)18-14-21)27(26)20-11-15-22(34-3)16-12-20/h7-18,26-27H,5-6,19H2,1-4H3. The van der Waals surface area contributed by atoms with Crippen molar-refractivity contribution in [2.24, 2.45) is 0 Å². The minimum atomic E-state index is -0.554. The van der Waals surface area contributed by atoms with Crippen LogP contribution >= 0.6 is 0 Å². The van der Waals surface area contributed by atoms with Crippen LogP contribution in [-0.2, 0) is 4.79 Å². The van der Waals surface area contributed by atoms with E-state index in [9.17, 15) is 9.59 Å². The van der Waals surface area contributed by atoms with E-state index in [4.69, 9.17) is 9.47 Å². The number of hydrogen-bond donors (Lipinski definition) is 0. The maximum atomic E-state index is 14.0. The Hall–Kier alpha value is -3.80. The number of hydrogen-bond acceptors (Lipinski definition) is 4. The number of amides is 2. The van der Waals surface area contributed by atoms with Crippen LogP contribution in [0.25, 0.3) is 0 Å². The normalized spacial score (nSPS) is 17.0. The Morgan fingerprint density at radius 3 is 2.11 bits per heavy atom. The number of anilines is 1. The average molecular weight is 473 g/mol. The number of carbonyl (C=O) groups excluding carboxylic acids is 2. The Morgan fingerprint density at radius 2 is 1.51 bits per heavy atom. The van der Waals surface area contributed by atoms with E-state index < -0.39 is 12.0 Å². The highest BCUT2D eigenvalue weighted by atomic mass is 16.5. The van der Waals surface area contributed by atoms with Gasteiger partial charge in [0.05, 0.1) is 26.2 Å². The molecule has 0 aromatic heterocycles. The van der Waals surface area contributed by atoms with Crippen molar-refractivity contribution in [3.63, 3.8) is 0 Å². The molecule has 0 saturated heterocycles. The van der Waals surface area contributed by atoms with Crippen molar-refractivity contribution in [1.82, 2.24) is 4.90 Å². The first-order valence-corrected chi connectivity index (χ1v) is 12.0.